The summed E-state index contributed by atoms with van der Waals surface area (Å²) in [6.45, 7) is 9.14. The first-order valence-electron chi connectivity index (χ1n) is 4.80. The number of hydrogen-bond donors (Lipinski definition) is 0. The molecule has 0 saturated carbocycles. The van der Waals surface area contributed by atoms with Crippen LogP contribution in [0.2, 0.25) is 0 Å². The fourth-order valence-electron chi connectivity index (χ4n) is 1.06. The van der Waals surface area contributed by atoms with E-state index in [0.29, 0.717) is 17.7 Å². The van der Waals surface area contributed by atoms with Crippen LogP contribution in [0.4, 0.5) is 0 Å². The smallest absolute Gasteiger partial charge is 0.338 e. The van der Waals surface area contributed by atoms with Gasteiger partial charge in [0.05, 0.1) is 0 Å². The first-order chi connectivity index (χ1) is 7.19. The van der Waals surface area contributed by atoms with E-state index >= 15 is 0 Å². The maximum Gasteiger partial charge on any atom is 0.338 e. The minimum absolute atomic E-state index is 0.383. The van der Waals surface area contributed by atoms with Gasteiger partial charge in [-0.2, -0.15) is 0 Å². The largest absolute Gasteiger partial charge is 0.423 e. The van der Waals surface area contributed by atoms with Crippen molar-refractivity contribution in [2.75, 3.05) is 0 Å². The second-order valence-electron chi connectivity index (χ2n) is 3.09. The Morgan fingerprint density at radius 3 is 2.73 bits per heavy atom. The molecule has 1 aromatic carbocycles. The van der Waals surface area contributed by atoms with E-state index in [1.807, 2.05) is 25.1 Å². The number of ether oxygens (including phenoxy) is 1. The van der Waals surface area contributed by atoms with E-state index in [9.17, 15) is 4.79 Å². The van der Waals surface area contributed by atoms with E-state index in [2.05, 4.69) is 13.2 Å². The highest BCUT2D eigenvalue weighted by molar-refractivity contribution is 5.89. The minimum Gasteiger partial charge on any atom is -0.423 e. The van der Waals surface area contributed by atoms with Gasteiger partial charge >= 0.3 is 5.97 Å². The van der Waals surface area contributed by atoms with E-state index in [1.54, 1.807) is 12.1 Å². The lowest BCUT2D eigenvalue weighted by Gasteiger charge is -2.07. The molecule has 2 heteroatoms. The molecule has 0 bridgehead atoms. The van der Waals surface area contributed by atoms with Crippen molar-refractivity contribution in [3.8, 4) is 5.75 Å². The summed E-state index contributed by atoms with van der Waals surface area (Å²) in [5.41, 5.74) is 1.27. The van der Waals surface area contributed by atoms with Gasteiger partial charge in [-0.3, -0.25) is 0 Å². The fraction of sp³-hybridized carbons (Fsp3) is 0.154. The van der Waals surface area contributed by atoms with Crippen LogP contribution in [0.25, 0.3) is 6.08 Å². The van der Waals surface area contributed by atoms with E-state index < -0.39 is 0 Å². The molecule has 1 aromatic rings. The molecule has 0 fully saturated rings. The fourth-order valence-corrected chi connectivity index (χ4v) is 1.06. The normalized spacial score (nSPS) is 9.40. The molecular weight excluding hydrogens is 188 g/mol. The van der Waals surface area contributed by atoms with Crippen molar-refractivity contribution in [2.45, 2.75) is 13.3 Å². The molecule has 2 nitrogen and oxygen atoms in total. The Bertz CT molecular complexity index is 391. The Hall–Kier alpha value is -1.83. The second kappa shape index (κ2) is 5.15. The molecule has 15 heavy (non-hydrogen) atoms. The van der Waals surface area contributed by atoms with Gasteiger partial charge in [-0.1, -0.05) is 44.4 Å². The van der Waals surface area contributed by atoms with Gasteiger partial charge in [-0.05, 0) is 12.5 Å². The van der Waals surface area contributed by atoms with Crippen molar-refractivity contribution >= 4 is 12.0 Å². The lowest BCUT2D eigenvalue weighted by Crippen LogP contribution is -2.10. The number of hydrogen-bond acceptors (Lipinski definition) is 2. The standard InChI is InChI=1S/C13H14O2/c1-4-10(3)13(14)15-12-9-7-6-8-11(12)5-2/h5-9H,2-4H2,1H3. The first-order valence-corrected chi connectivity index (χ1v) is 4.80. The Balaban J connectivity index is 2.85. The number of carbonyl (C=O) groups excluding carboxylic acids is 1. The monoisotopic (exact) mass is 202 g/mol. The third kappa shape index (κ3) is 2.81. The van der Waals surface area contributed by atoms with Crippen LogP contribution in [0, 0.1) is 0 Å². The van der Waals surface area contributed by atoms with Crippen molar-refractivity contribution in [1.29, 1.82) is 0 Å². The highest BCUT2D eigenvalue weighted by atomic mass is 16.5. The van der Waals surface area contributed by atoms with Crippen molar-refractivity contribution in [3.05, 3.63) is 48.6 Å². The summed E-state index contributed by atoms with van der Waals surface area (Å²) in [5.74, 6) is 0.138. The topological polar surface area (TPSA) is 26.3 Å². The van der Waals surface area contributed by atoms with Gasteiger partial charge in [-0.25, -0.2) is 4.79 Å². The summed E-state index contributed by atoms with van der Waals surface area (Å²) in [7, 11) is 0. The van der Waals surface area contributed by atoms with Crippen molar-refractivity contribution in [2.24, 2.45) is 0 Å². The van der Waals surface area contributed by atoms with Crippen molar-refractivity contribution < 1.29 is 9.53 Å². The summed E-state index contributed by atoms with van der Waals surface area (Å²) < 4.78 is 5.18. The summed E-state index contributed by atoms with van der Waals surface area (Å²) in [4.78, 5) is 11.5. The highest BCUT2D eigenvalue weighted by Crippen LogP contribution is 2.20. The average molecular weight is 202 g/mol. The molecule has 0 spiro atoms. The molecule has 0 heterocycles. The Morgan fingerprint density at radius 2 is 2.13 bits per heavy atom. The first kappa shape index (κ1) is 11.2. The molecular formula is C13H14O2. The van der Waals surface area contributed by atoms with Crippen LogP contribution in [0.3, 0.4) is 0 Å². The zero-order valence-electron chi connectivity index (χ0n) is 8.82. The molecule has 1 rings (SSSR count). The number of rotatable bonds is 4. The highest BCUT2D eigenvalue weighted by Gasteiger charge is 2.09. The zero-order chi connectivity index (χ0) is 11.3. The van der Waals surface area contributed by atoms with E-state index in [1.165, 1.54) is 0 Å². The molecule has 0 saturated heterocycles. The lowest BCUT2D eigenvalue weighted by atomic mass is 10.2. The summed E-state index contributed by atoms with van der Waals surface area (Å²) in [6, 6.07) is 7.25. The molecule has 0 N–H and O–H groups in total. The van der Waals surface area contributed by atoms with Gasteiger partial charge in [0, 0.05) is 11.1 Å². The van der Waals surface area contributed by atoms with Gasteiger partial charge in [0.1, 0.15) is 5.75 Å². The number of carbonyl (C=O) groups is 1. The summed E-state index contributed by atoms with van der Waals surface area (Å²) in [5, 5.41) is 0. The third-order valence-electron chi connectivity index (χ3n) is 2.06. The molecule has 78 valence electrons. The van der Waals surface area contributed by atoms with E-state index in [4.69, 9.17) is 4.74 Å². The second-order valence-corrected chi connectivity index (χ2v) is 3.09. The van der Waals surface area contributed by atoms with Gasteiger partial charge in [-0.15, -0.1) is 0 Å². The van der Waals surface area contributed by atoms with Gasteiger partial charge in [0.2, 0.25) is 0 Å². The van der Waals surface area contributed by atoms with Gasteiger partial charge in [0.25, 0.3) is 0 Å². The van der Waals surface area contributed by atoms with Crippen LogP contribution in [0.5, 0.6) is 5.75 Å². The molecule has 0 aliphatic rings. The van der Waals surface area contributed by atoms with Gasteiger partial charge in [0.15, 0.2) is 0 Å². The molecule has 0 atom stereocenters. The molecule has 0 aromatic heterocycles. The number of esters is 1. The zero-order valence-corrected chi connectivity index (χ0v) is 8.82. The van der Waals surface area contributed by atoms with Crippen LogP contribution in [-0.2, 0) is 4.79 Å². The summed E-state index contributed by atoms with van der Waals surface area (Å²) >= 11 is 0. The van der Waals surface area contributed by atoms with Crippen LogP contribution in [0.1, 0.15) is 18.9 Å². The number of benzene rings is 1. The van der Waals surface area contributed by atoms with Crippen LogP contribution >= 0.6 is 0 Å². The maximum absolute atomic E-state index is 11.5. The maximum atomic E-state index is 11.5. The molecule has 0 amide bonds. The predicted molar refractivity (Wildman–Crippen MR) is 61.6 cm³/mol. The Morgan fingerprint density at radius 1 is 1.47 bits per heavy atom. The SMILES string of the molecule is C=Cc1ccccc1OC(=O)C(=C)CC. The van der Waals surface area contributed by atoms with E-state index in [0.717, 1.165) is 5.56 Å². The predicted octanol–water partition coefficient (Wildman–Crippen LogP) is 3.20. The molecule has 0 radical (unpaired) electrons. The van der Waals surface area contributed by atoms with Crippen molar-refractivity contribution in [1.82, 2.24) is 0 Å². The van der Waals surface area contributed by atoms with Gasteiger partial charge < -0.3 is 4.74 Å². The Kier molecular flexibility index (Phi) is 3.86. The number of para-hydroxylation sites is 1. The van der Waals surface area contributed by atoms with Crippen LogP contribution in [0.15, 0.2) is 43.0 Å². The quantitative estimate of drug-likeness (QED) is 0.426. The minimum atomic E-state index is -0.383. The third-order valence-corrected chi connectivity index (χ3v) is 2.06. The average Bonchev–Trinajstić information content (AvgIpc) is 2.28. The van der Waals surface area contributed by atoms with E-state index in [-0.39, 0.29) is 5.97 Å². The summed E-state index contributed by atoms with van der Waals surface area (Å²) in [6.07, 6.45) is 2.24. The van der Waals surface area contributed by atoms with Crippen LogP contribution < -0.4 is 4.74 Å². The molecule has 0 unspecified atom stereocenters. The molecule has 0 aliphatic heterocycles. The lowest BCUT2D eigenvalue weighted by molar-refractivity contribution is -0.130. The molecule has 0 aliphatic carbocycles. The Labute approximate surface area is 89.9 Å². The van der Waals surface area contributed by atoms with Crippen molar-refractivity contribution in [3.63, 3.8) is 0 Å². The van der Waals surface area contributed by atoms with Crippen LogP contribution in [-0.4, -0.2) is 5.97 Å².